The van der Waals surface area contributed by atoms with E-state index in [1.165, 1.54) is 140 Å². The van der Waals surface area contributed by atoms with Crippen molar-refractivity contribution in [3.63, 3.8) is 0 Å². The predicted octanol–water partition coefficient (Wildman–Crippen LogP) is 6.25. The number of esters is 1. The standard InChI is InChI=1S/C34H66NO3.BrH/c1-3-5-6-7-8-9-10-11-12-13-14-15-16-19-29-37-30-33(20-4-2)31-38-34(36)21-17-18-25-35-26-22-32(23-27-35)24-28-35;/h32-33H,3-31H2,1-2H3;1H/q+1;/p-1. The van der Waals surface area contributed by atoms with Crippen molar-refractivity contribution in [2.45, 2.75) is 155 Å². The van der Waals surface area contributed by atoms with Gasteiger partial charge in [-0.1, -0.05) is 104 Å². The summed E-state index contributed by atoms with van der Waals surface area (Å²) in [5.74, 6) is 1.36. The molecule has 0 saturated carbocycles. The van der Waals surface area contributed by atoms with Crippen molar-refractivity contribution in [3.05, 3.63) is 0 Å². The Morgan fingerprint density at radius 3 is 1.77 bits per heavy atom. The number of piperidine rings is 3. The van der Waals surface area contributed by atoms with Crippen LogP contribution in [0.2, 0.25) is 0 Å². The van der Waals surface area contributed by atoms with E-state index in [9.17, 15) is 4.79 Å². The summed E-state index contributed by atoms with van der Waals surface area (Å²) in [6.07, 6.45) is 28.6. The summed E-state index contributed by atoms with van der Waals surface area (Å²) in [6, 6.07) is 0. The quantitative estimate of drug-likeness (QED) is 0.0655. The molecule has 0 aliphatic carbocycles. The third-order valence-corrected chi connectivity index (χ3v) is 9.47. The van der Waals surface area contributed by atoms with E-state index >= 15 is 0 Å². The SMILES string of the molecule is CCCCCCCCCCCCCCCCOCC(CCC)COC(=O)CCCC[N+]12CCC(CC1)CC2.[Br-]. The second kappa shape index (κ2) is 24.5. The molecule has 1 unspecified atom stereocenters. The molecule has 0 spiro atoms. The zero-order valence-electron chi connectivity index (χ0n) is 26.2. The molecular formula is C34H66BrNO3. The molecule has 2 bridgehead atoms. The molecule has 4 nitrogen and oxygen atoms in total. The van der Waals surface area contributed by atoms with Crippen LogP contribution in [0.5, 0.6) is 0 Å². The van der Waals surface area contributed by atoms with Crippen molar-refractivity contribution in [1.82, 2.24) is 0 Å². The third kappa shape index (κ3) is 18.1. The molecule has 0 aromatic rings. The molecule has 39 heavy (non-hydrogen) atoms. The maximum absolute atomic E-state index is 12.3. The summed E-state index contributed by atoms with van der Waals surface area (Å²) in [7, 11) is 0. The van der Waals surface area contributed by atoms with E-state index in [0.717, 1.165) is 44.8 Å². The summed E-state index contributed by atoms with van der Waals surface area (Å²) in [5, 5.41) is 0. The first-order valence-corrected chi connectivity index (χ1v) is 17.3. The lowest BCUT2D eigenvalue weighted by molar-refractivity contribution is -0.942. The highest BCUT2D eigenvalue weighted by atomic mass is 79.9. The number of ether oxygens (including phenoxy) is 2. The van der Waals surface area contributed by atoms with Gasteiger partial charge >= 0.3 is 5.97 Å². The Balaban J connectivity index is 0.00000760. The van der Waals surface area contributed by atoms with Crippen LogP contribution in [0, 0.1) is 11.8 Å². The third-order valence-electron chi connectivity index (χ3n) is 9.47. The van der Waals surface area contributed by atoms with E-state index in [-0.39, 0.29) is 23.0 Å². The maximum atomic E-state index is 12.3. The van der Waals surface area contributed by atoms with Crippen LogP contribution < -0.4 is 17.0 Å². The number of carbonyl (C=O) groups is 1. The lowest BCUT2D eigenvalue weighted by Gasteiger charge is -2.49. The summed E-state index contributed by atoms with van der Waals surface area (Å²) in [6.45, 7) is 12.0. The van der Waals surface area contributed by atoms with Gasteiger partial charge in [0, 0.05) is 18.9 Å². The predicted molar refractivity (Wildman–Crippen MR) is 161 cm³/mol. The molecule has 1 atom stereocenters. The van der Waals surface area contributed by atoms with Crippen molar-refractivity contribution < 1.29 is 35.7 Å². The number of nitrogens with zero attached hydrogens (tertiary/aromatic N) is 1. The number of carbonyl (C=O) groups excluding carboxylic acids is 1. The van der Waals surface area contributed by atoms with Gasteiger partial charge in [0.05, 0.1) is 39.4 Å². The van der Waals surface area contributed by atoms with E-state index in [1.54, 1.807) is 0 Å². The van der Waals surface area contributed by atoms with Gasteiger partial charge in [-0.05, 0) is 50.9 Å². The number of hydrogen-bond acceptors (Lipinski definition) is 3. The molecule has 0 amide bonds. The molecule has 3 aliphatic heterocycles. The highest BCUT2D eigenvalue weighted by Gasteiger charge is 2.38. The number of halogens is 1. The summed E-state index contributed by atoms with van der Waals surface area (Å²) in [4.78, 5) is 12.3. The van der Waals surface area contributed by atoms with Crippen LogP contribution in [-0.4, -0.2) is 56.5 Å². The van der Waals surface area contributed by atoms with Gasteiger partial charge in [0.25, 0.3) is 0 Å². The van der Waals surface area contributed by atoms with Crippen LogP contribution in [0.4, 0.5) is 0 Å². The summed E-state index contributed by atoms with van der Waals surface area (Å²) in [5.41, 5.74) is 0. The Hall–Kier alpha value is -0.130. The molecule has 5 heteroatoms. The summed E-state index contributed by atoms with van der Waals surface area (Å²) < 4.78 is 13.0. The first-order valence-electron chi connectivity index (χ1n) is 17.3. The number of hydrogen-bond donors (Lipinski definition) is 0. The molecule has 3 rings (SSSR count). The van der Waals surface area contributed by atoms with E-state index in [4.69, 9.17) is 9.47 Å². The highest BCUT2D eigenvalue weighted by molar-refractivity contribution is 5.69. The van der Waals surface area contributed by atoms with Crippen LogP contribution >= 0.6 is 0 Å². The lowest BCUT2D eigenvalue weighted by atomic mass is 9.85. The topological polar surface area (TPSA) is 35.5 Å². The molecular weight excluding hydrogens is 550 g/mol. The zero-order chi connectivity index (χ0) is 27.2. The number of quaternary nitrogens is 1. The first kappa shape index (κ1) is 36.9. The van der Waals surface area contributed by atoms with E-state index < -0.39 is 0 Å². The molecule has 0 radical (unpaired) electrons. The second-order valence-corrected chi connectivity index (χ2v) is 12.9. The second-order valence-electron chi connectivity index (χ2n) is 12.9. The Morgan fingerprint density at radius 2 is 1.23 bits per heavy atom. The van der Waals surface area contributed by atoms with Crippen molar-refractivity contribution in [2.75, 3.05) is 46.0 Å². The zero-order valence-corrected chi connectivity index (χ0v) is 27.8. The van der Waals surface area contributed by atoms with Gasteiger partial charge in [-0.3, -0.25) is 4.79 Å². The molecule has 0 N–H and O–H groups in total. The van der Waals surface area contributed by atoms with Gasteiger partial charge in [-0.25, -0.2) is 0 Å². The van der Waals surface area contributed by atoms with Gasteiger partial charge in [-0.2, -0.15) is 0 Å². The molecule has 0 aromatic carbocycles. The van der Waals surface area contributed by atoms with E-state index in [1.807, 2.05) is 0 Å². The minimum Gasteiger partial charge on any atom is -1.00 e. The normalized spacial score (nSPS) is 21.0. The van der Waals surface area contributed by atoms with Crippen LogP contribution in [-0.2, 0) is 14.3 Å². The Bertz CT molecular complexity index is 551. The number of unbranched alkanes of at least 4 members (excludes halogenated alkanes) is 14. The van der Waals surface area contributed by atoms with Crippen LogP contribution in [0.25, 0.3) is 0 Å². The van der Waals surface area contributed by atoms with Crippen molar-refractivity contribution >= 4 is 5.97 Å². The molecule has 3 fully saturated rings. The molecule has 232 valence electrons. The van der Waals surface area contributed by atoms with Gasteiger partial charge in [0.2, 0.25) is 0 Å². The lowest BCUT2D eigenvalue weighted by Crippen LogP contribution is -3.00. The fourth-order valence-corrected chi connectivity index (χ4v) is 6.74. The van der Waals surface area contributed by atoms with Crippen molar-refractivity contribution in [3.8, 4) is 0 Å². The Morgan fingerprint density at radius 1 is 0.692 bits per heavy atom. The molecule has 0 aromatic heterocycles. The van der Waals surface area contributed by atoms with Gasteiger partial charge in [-0.15, -0.1) is 0 Å². The van der Waals surface area contributed by atoms with Crippen molar-refractivity contribution in [1.29, 1.82) is 0 Å². The van der Waals surface area contributed by atoms with Crippen LogP contribution in [0.3, 0.4) is 0 Å². The average Bonchev–Trinajstić information content (AvgIpc) is 2.94. The fraction of sp³-hybridized carbons (Fsp3) is 0.971. The smallest absolute Gasteiger partial charge is 0.305 e. The Kier molecular flexibility index (Phi) is 23.1. The average molecular weight is 617 g/mol. The first-order chi connectivity index (χ1) is 18.7. The maximum Gasteiger partial charge on any atom is 0.305 e. The number of fused-ring (bicyclic) bond motifs is 3. The van der Waals surface area contributed by atoms with Gasteiger partial charge < -0.3 is 30.9 Å². The minimum atomic E-state index is -0.00423. The Labute approximate surface area is 254 Å². The molecule has 3 heterocycles. The van der Waals surface area contributed by atoms with Gasteiger partial charge in [0.1, 0.15) is 0 Å². The van der Waals surface area contributed by atoms with Crippen LogP contribution in [0.1, 0.15) is 155 Å². The highest BCUT2D eigenvalue weighted by Crippen LogP contribution is 2.33. The monoisotopic (exact) mass is 615 g/mol. The van der Waals surface area contributed by atoms with E-state index in [2.05, 4.69) is 13.8 Å². The summed E-state index contributed by atoms with van der Waals surface area (Å²) >= 11 is 0. The van der Waals surface area contributed by atoms with Crippen LogP contribution in [0.15, 0.2) is 0 Å². The molecule has 3 saturated heterocycles. The largest absolute Gasteiger partial charge is 1.00 e. The van der Waals surface area contributed by atoms with Gasteiger partial charge in [0.15, 0.2) is 0 Å². The number of rotatable bonds is 26. The van der Waals surface area contributed by atoms with Crippen molar-refractivity contribution in [2.24, 2.45) is 11.8 Å². The molecule has 3 aliphatic rings. The van der Waals surface area contributed by atoms with E-state index in [0.29, 0.717) is 18.9 Å². The fourth-order valence-electron chi connectivity index (χ4n) is 6.74. The minimum absolute atomic E-state index is 0.